The number of fused-ring (bicyclic) bond motifs is 4. The number of carbonyl (C=O) groups excluding carboxylic acids is 1. The van der Waals surface area contributed by atoms with Gasteiger partial charge in [-0.05, 0) is 35.9 Å². The summed E-state index contributed by atoms with van der Waals surface area (Å²) in [5.41, 5.74) is 7.33. The molecule has 1 aromatic heterocycles. The van der Waals surface area contributed by atoms with E-state index in [-0.39, 0.29) is 5.91 Å². The molecule has 0 saturated carbocycles. The van der Waals surface area contributed by atoms with Gasteiger partial charge >= 0.3 is 0 Å². The monoisotopic (exact) mass is 363 g/mol. The fourth-order valence-electron chi connectivity index (χ4n) is 3.60. The van der Waals surface area contributed by atoms with Gasteiger partial charge < -0.3 is 10.1 Å². The number of rotatable bonds is 2. The molecular weight excluding hydrogens is 350 g/mol. The van der Waals surface area contributed by atoms with Crippen LogP contribution in [0.3, 0.4) is 0 Å². The average Bonchev–Trinajstić information content (AvgIpc) is 3.27. The highest BCUT2D eigenvalue weighted by atomic mass is 35.5. The Morgan fingerprint density at radius 1 is 1.19 bits per heavy atom. The summed E-state index contributed by atoms with van der Waals surface area (Å²) >= 11 is 6.02. The molecule has 5 nitrogen and oxygen atoms in total. The predicted molar refractivity (Wildman–Crippen MR) is 101 cm³/mol. The zero-order chi connectivity index (χ0) is 17.8. The number of nitrogens with one attached hydrogen (secondary N) is 2. The zero-order valence-corrected chi connectivity index (χ0v) is 14.6. The number of hydrogen-bond donors (Lipinski definition) is 2. The molecule has 1 amide bonds. The summed E-state index contributed by atoms with van der Waals surface area (Å²) in [5.74, 6) is 0.670. The Balaban J connectivity index is 1.59. The normalized spacial score (nSPS) is 15.6. The van der Waals surface area contributed by atoms with E-state index in [1.165, 1.54) is 5.56 Å². The summed E-state index contributed by atoms with van der Waals surface area (Å²) in [7, 11) is 1.65. The smallest absolute Gasteiger partial charge is 0.256 e. The molecule has 2 aromatic carbocycles. The Kier molecular flexibility index (Phi) is 3.21. The number of benzene rings is 2. The third-order valence-corrected chi connectivity index (χ3v) is 5.13. The van der Waals surface area contributed by atoms with Gasteiger partial charge in [-0.3, -0.25) is 9.89 Å². The van der Waals surface area contributed by atoms with E-state index < -0.39 is 0 Å². The Morgan fingerprint density at radius 2 is 2.08 bits per heavy atom. The van der Waals surface area contributed by atoms with Crippen molar-refractivity contribution in [1.82, 2.24) is 10.2 Å². The van der Waals surface area contributed by atoms with Gasteiger partial charge in [0.05, 0.1) is 29.8 Å². The fraction of sp³-hybridized carbons (Fsp3) is 0.100. The minimum Gasteiger partial charge on any atom is -0.497 e. The van der Waals surface area contributed by atoms with Gasteiger partial charge in [-0.2, -0.15) is 5.10 Å². The van der Waals surface area contributed by atoms with E-state index in [9.17, 15) is 4.79 Å². The number of halogens is 1. The van der Waals surface area contributed by atoms with Crippen molar-refractivity contribution in [2.75, 3.05) is 12.4 Å². The fourth-order valence-corrected chi connectivity index (χ4v) is 3.77. The second kappa shape index (κ2) is 5.47. The SMILES string of the molecule is COc1ccc2c(c1)-c1n[nH]c(/C=C3\C(=O)Nc4cc(Cl)ccc43)c1C2. The highest BCUT2D eigenvalue weighted by molar-refractivity contribution is 6.36. The van der Waals surface area contributed by atoms with Crippen LogP contribution in [0.15, 0.2) is 36.4 Å². The highest BCUT2D eigenvalue weighted by Gasteiger charge is 2.28. The molecule has 0 spiro atoms. The molecular formula is C20H14ClN3O2. The number of ether oxygens (including phenoxy) is 1. The molecule has 6 heteroatoms. The number of aromatic amines is 1. The topological polar surface area (TPSA) is 67.0 Å². The predicted octanol–water partition coefficient (Wildman–Crippen LogP) is 4.14. The average molecular weight is 364 g/mol. The lowest BCUT2D eigenvalue weighted by molar-refractivity contribution is -0.110. The van der Waals surface area contributed by atoms with Gasteiger partial charge in [-0.25, -0.2) is 0 Å². The number of methoxy groups -OCH3 is 1. The van der Waals surface area contributed by atoms with Gasteiger partial charge in [-0.1, -0.05) is 23.7 Å². The van der Waals surface area contributed by atoms with Crippen LogP contribution in [0.4, 0.5) is 5.69 Å². The summed E-state index contributed by atoms with van der Waals surface area (Å²) in [6.07, 6.45) is 2.64. The summed E-state index contributed by atoms with van der Waals surface area (Å²) in [4.78, 5) is 12.4. The lowest BCUT2D eigenvalue weighted by Crippen LogP contribution is -2.03. The molecule has 2 N–H and O–H groups in total. The van der Waals surface area contributed by atoms with Crippen LogP contribution in [0.1, 0.15) is 22.4 Å². The Morgan fingerprint density at radius 3 is 2.92 bits per heavy atom. The van der Waals surface area contributed by atoms with Crippen molar-refractivity contribution in [3.63, 3.8) is 0 Å². The Labute approximate surface area is 154 Å². The molecule has 2 aliphatic rings. The lowest BCUT2D eigenvalue weighted by atomic mass is 10.0. The molecule has 1 aliphatic carbocycles. The number of hydrogen-bond acceptors (Lipinski definition) is 3. The summed E-state index contributed by atoms with van der Waals surface area (Å²) in [6, 6.07) is 11.4. The van der Waals surface area contributed by atoms with Crippen LogP contribution in [0.25, 0.3) is 22.9 Å². The van der Waals surface area contributed by atoms with Gasteiger partial charge in [0.2, 0.25) is 0 Å². The first kappa shape index (κ1) is 15.2. The van der Waals surface area contributed by atoms with Crippen LogP contribution in [-0.4, -0.2) is 23.2 Å². The van der Waals surface area contributed by atoms with Crippen LogP contribution in [0.2, 0.25) is 5.02 Å². The molecule has 0 saturated heterocycles. The van der Waals surface area contributed by atoms with Gasteiger partial charge in [-0.15, -0.1) is 0 Å². The van der Waals surface area contributed by atoms with Crippen LogP contribution in [0, 0.1) is 0 Å². The maximum Gasteiger partial charge on any atom is 0.256 e. The Hall–Kier alpha value is -3.05. The van der Waals surface area contributed by atoms with Crippen LogP contribution in [-0.2, 0) is 11.2 Å². The molecule has 128 valence electrons. The van der Waals surface area contributed by atoms with Crippen molar-refractivity contribution >= 4 is 34.8 Å². The van der Waals surface area contributed by atoms with E-state index in [1.54, 1.807) is 19.2 Å². The number of amides is 1. The van der Waals surface area contributed by atoms with Gasteiger partial charge in [0.15, 0.2) is 0 Å². The minimum atomic E-state index is -0.136. The van der Waals surface area contributed by atoms with E-state index >= 15 is 0 Å². The maximum atomic E-state index is 12.4. The van der Waals surface area contributed by atoms with Crippen LogP contribution >= 0.6 is 11.6 Å². The maximum absolute atomic E-state index is 12.4. The first-order valence-corrected chi connectivity index (χ1v) is 8.59. The first-order chi connectivity index (χ1) is 12.6. The Bertz CT molecular complexity index is 1110. The van der Waals surface area contributed by atoms with Crippen molar-refractivity contribution in [2.45, 2.75) is 6.42 Å². The van der Waals surface area contributed by atoms with Crippen LogP contribution in [0.5, 0.6) is 5.75 Å². The van der Waals surface area contributed by atoms with Gasteiger partial charge in [0.25, 0.3) is 5.91 Å². The van der Waals surface area contributed by atoms with E-state index in [0.717, 1.165) is 45.9 Å². The third kappa shape index (κ3) is 2.17. The summed E-state index contributed by atoms with van der Waals surface area (Å²) in [5, 5.41) is 11.0. The molecule has 0 unspecified atom stereocenters. The summed E-state index contributed by atoms with van der Waals surface area (Å²) < 4.78 is 5.32. The molecule has 0 bridgehead atoms. The quantitative estimate of drug-likeness (QED) is 0.526. The highest BCUT2D eigenvalue weighted by Crippen LogP contribution is 2.41. The van der Waals surface area contributed by atoms with Crippen molar-refractivity contribution in [2.24, 2.45) is 0 Å². The number of aromatic nitrogens is 2. The van der Waals surface area contributed by atoms with E-state index in [0.29, 0.717) is 10.6 Å². The molecule has 26 heavy (non-hydrogen) atoms. The number of carbonyl (C=O) groups is 1. The first-order valence-electron chi connectivity index (χ1n) is 8.21. The second-order valence-corrected chi connectivity index (χ2v) is 6.80. The van der Waals surface area contributed by atoms with E-state index in [2.05, 4.69) is 21.6 Å². The van der Waals surface area contributed by atoms with Crippen molar-refractivity contribution < 1.29 is 9.53 Å². The zero-order valence-electron chi connectivity index (χ0n) is 13.9. The van der Waals surface area contributed by atoms with Gasteiger partial charge in [0, 0.05) is 28.1 Å². The second-order valence-electron chi connectivity index (χ2n) is 6.37. The lowest BCUT2D eigenvalue weighted by Gasteiger charge is -2.03. The number of anilines is 1. The summed E-state index contributed by atoms with van der Waals surface area (Å²) in [6.45, 7) is 0. The molecule has 0 radical (unpaired) electrons. The van der Waals surface area contributed by atoms with Crippen molar-refractivity contribution in [3.05, 3.63) is 63.8 Å². The van der Waals surface area contributed by atoms with E-state index in [4.69, 9.17) is 16.3 Å². The van der Waals surface area contributed by atoms with Crippen molar-refractivity contribution in [1.29, 1.82) is 0 Å². The molecule has 0 atom stereocenters. The molecule has 3 aromatic rings. The number of nitrogens with zero attached hydrogens (tertiary/aromatic N) is 1. The third-order valence-electron chi connectivity index (χ3n) is 4.89. The minimum absolute atomic E-state index is 0.136. The van der Waals surface area contributed by atoms with E-state index in [1.807, 2.05) is 24.3 Å². The van der Waals surface area contributed by atoms with Gasteiger partial charge in [0.1, 0.15) is 5.75 Å². The standard InChI is InChI=1S/C20H14ClN3O2/c1-26-12-4-2-10-6-16-18(23-24-19(16)14(10)8-12)9-15-13-5-3-11(21)7-17(13)22-20(15)25/h2-5,7-9H,6H2,1H3,(H,22,25)(H,23,24)/b15-9-. The molecule has 0 fully saturated rings. The molecule has 1 aliphatic heterocycles. The molecule has 5 rings (SSSR count). The largest absolute Gasteiger partial charge is 0.497 e. The number of H-pyrrole nitrogens is 1. The molecule has 2 heterocycles. The van der Waals surface area contributed by atoms with Crippen molar-refractivity contribution in [3.8, 4) is 17.0 Å². The van der Waals surface area contributed by atoms with Crippen LogP contribution < -0.4 is 10.1 Å².